The highest BCUT2D eigenvalue weighted by Gasteiger charge is 2.43. The summed E-state index contributed by atoms with van der Waals surface area (Å²) in [7, 11) is 0. The average Bonchev–Trinajstić information content (AvgIpc) is 2.31. The summed E-state index contributed by atoms with van der Waals surface area (Å²) in [5.74, 6) is 0.888. The summed E-state index contributed by atoms with van der Waals surface area (Å²) in [6.07, 6.45) is 6.32. The Labute approximate surface area is 109 Å². The molecule has 1 heterocycles. The lowest BCUT2D eigenvalue weighted by atomic mass is 9.82. The Morgan fingerprint density at radius 2 is 1.94 bits per heavy atom. The van der Waals surface area contributed by atoms with Gasteiger partial charge in [0, 0.05) is 6.54 Å². The minimum Gasteiger partial charge on any atom is -0.340 e. The van der Waals surface area contributed by atoms with Crippen LogP contribution in [0.3, 0.4) is 0 Å². The van der Waals surface area contributed by atoms with Crippen molar-refractivity contribution < 1.29 is 9.59 Å². The van der Waals surface area contributed by atoms with Crippen molar-refractivity contribution >= 4 is 11.8 Å². The SMILES string of the molecule is CCC1(CC)NC(=O)CN(CCC2CCC2)C1=O. The predicted molar refractivity (Wildman–Crippen MR) is 70.0 cm³/mol. The number of piperazine rings is 1. The van der Waals surface area contributed by atoms with Gasteiger partial charge in [-0.2, -0.15) is 0 Å². The number of amides is 2. The van der Waals surface area contributed by atoms with Gasteiger partial charge in [0.1, 0.15) is 5.54 Å². The highest BCUT2D eigenvalue weighted by atomic mass is 16.2. The van der Waals surface area contributed by atoms with Crippen molar-refractivity contribution in [2.24, 2.45) is 5.92 Å². The van der Waals surface area contributed by atoms with Crippen molar-refractivity contribution in [3.63, 3.8) is 0 Å². The molecule has 0 atom stereocenters. The van der Waals surface area contributed by atoms with Crippen LogP contribution in [0, 0.1) is 5.92 Å². The smallest absolute Gasteiger partial charge is 0.248 e. The van der Waals surface area contributed by atoms with Crippen molar-refractivity contribution in [3.8, 4) is 0 Å². The van der Waals surface area contributed by atoms with Crippen LogP contribution in [0.4, 0.5) is 0 Å². The molecule has 0 spiro atoms. The molecule has 18 heavy (non-hydrogen) atoms. The number of nitrogens with zero attached hydrogens (tertiary/aromatic N) is 1. The van der Waals surface area contributed by atoms with Crippen LogP contribution in [-0.4, -0.2) is 35.3 Å². The van der Waals surface area contributed by atoms with E-state index in [2.05, 4.69) is 5.32 Å². The zero-order valence-electron chi connectivity index (χ0n) is 11.5. The number of hydrogen-bond acceptors (Lipinski definition) is 2. The van der Waals surface area contributed by atoms with Crippen LogP contribution in [0.25, 0.3) is 0 Å². The molecule has 2 aliphatic rings. The largest absolute Gasteiger partial charge is 0.340 e. The number of nitrogens with one attached hydrogen (secondary N) is 1. The third-order valence-electron chi connectivity index (χ3n) is 4.65. The normalized spacial score (nSPS) is 23.8. The van der Waals surface area contributed by atoms with E-state index in [0.717, 1.165) is 18.9 Å². The minimum atomic E-state index is -0.644. The Morgan fingerprint density at radius 1 is 1.28 bits per heavy atom. The van der Waals surface area contributed by atoms with Gasteiger partial charge in [0.25, 0.3) is 0 Å². The number of carbonyl (C=O) groups excluding carboxylic acids is 2. The zero-order chi connectivity index (χ0) is 13.2. The van der Waals surface area contributed by atoms with Gasteiger partial charge in [-0.25, -0.2) is 0 Å². The molecular formula is C14H24N2O2. The topological polar surface area (TPSA) is 49.4 Å². The monoisotopic (exact) mass is 252 g/mol. The lowest BCUT2D eigenvalue weighted by Crippen LogP contribution is -2.66. The Morgan fingerprint density at radius 3 is 2.44 bits per heavy atom. The molecule has 2 amide bonds. The molecule has 0 aromatic rings. The van der Waals surface area contributed by atoms with Gasteiger partial charge in [-0.15, -0.1) is 0 Å². The van der Waals surface area contributed by atoms with Gasteiger partial charge in [-0.3, -0.25) is 9.59 Å². The van der Waals surface area contributed by atoms with E-state index in [9.17, 15) is 9.59 Å². The number of carbonyl (C=O) groups is 2. The highest BCUT2D eigenvalue weighted by Crippen LogP contribution is 2.30. The first kappa shape index (κ1) is 13.4. The molecule has 0 aromatic heterocycles. The summed E-state index contributed by atoms with van der Waals surface area (Å²) in [6, 6.07) is 0. The van der Waals surface area contributed by atoms with Crippen LogP contribution in [0.2, 0.25) is 0 Å². The fraction of sp³-hybridized carbons (Fsp3) is 0.857. The van der Waals surface area contributed by atoms with E-state index in [1.54, 1.807) is 4.90 Å². The Bertz CT molecular complexity index is 333. The van der Waals surface area contributed by atoms with Gasteiger partial charge in [0.15, 0.2) is 0 Å². The lowest BCUT2D eigenvalue weighted by Gasteiger charge is -2.42. The Hall–Kier alpha value is -1.06. The van der Waals surface area contributed by atoms with Gasteiger partial charge >= 0.3 is 0 Å². The molecule has 1 aliphatic heterocycles. The van der Waals surface area contributed by atoms with Gasteiger partial charge < -0.3 is 10.2 Å². The van der Waals surface area contributed by atoms with Crippen molar-refractivity contribution in [1.82, 2.24) is 10.2 Å². The molecular weight excluding hydrogens is 228 g/mol. The van der Waals surface area contributed by atoms with E-state index < -0.39 is 5.54 Å². The second-order valence-corrected chi connectivity index (χ2v) is 5.65. The molecule has 1 saturated heterocycles. The minimum absolute atomic E-state index is 0.00749. The van der Waals surface area contributed by atoms with E-state index in [1.165, 1.54) is 19.3 Å². The van der Waals surface area contributed by atoms with Crippen LogP contribution in [0.1, 0.15) is 52.4 Å². The number of hydrogen-bond donors (Lipinski definition) is 1. The maximum absolute atomic E-state index is 12.5. The van der Waals surface area contributed by atoms with Gasteiger partial charge in [-0.1, -0.05) is 33.1 Å². The van der Waals surface area contributed by atoms with E-state index >= 15 is 0 Å². The van der Waals surface area contributed by atoms with E-state index in [4.69, 9.17) is 0 Å². The second-order valence-electron chi connectivity index (χ2n) is 5.65. The highest BCUT2D eigenvalue weighted by molar-refractivity contribution is 5.97. The first-order chi connectivity index (χ1) is 8.61. The first-order valence-electron chi connectivity index (χ1n) is 7.21. The standard InChI is InChI=1S/C14H24N2O2/c1-3-14(4-2)13(18)16(10-12(17)15-14)9-8-11-6-5-7-11/h11H,3-10H2,1-2H3,(H,15,17). The fourth-order valence-corrected chi connectivity index (χ4v) is 2.94. The summed E-state index contributed by atoms with van der Waals surface area (Å²) in [5.41, 5.74) is -0.644. The zero-order valence-corrected chi connectivity index (χ0v) is 11.5. The molecule has 0 aromatic carbocycles. The molecule has 2 fully saturated rings. The lowest BCUT2D eigenvalue weighted by molar-refractivity contribution is -0.150. The van der Waals surface area contributed by atoms with Crippen molar-refractivity contribution in [1.29, 1.82) is 0 Å². The van der Waals surface area contributed by atoms with Crippen LogP contribution in [0.5, 0.6) is 0 Å². The van der Waals surface area contributed by atoms with Gasteiger partial charge in [0.2, 0.25) is 11.8 Å². The summed E-state index contributed by atoms with van der Waals surface area (Å²) in [4.78, 5) is 26.0. The van der Waals surface area contributed by atoms with Crippen molar-refractivity contribution in [2.45, 2.75) is 57.9 Å². The molecule has 1 N–H and O–H groups in total. The summed E-state index contributed by atoms with van der Waals surface area (Å²) in [5, 5.41) is 2.89. The molecule has 4 heteroatoms. The van der Waals surface area contributed by atoms with Crippen LogP contribution in [-0.2, 0) is 9.59 Å². The molecule has 102 valence electrons. The van der Waals surface area contributed by atoms with E-state index in [0.29, 0.717) is 12.8 Å². The van der Waals surface area contributed by atoms with E-state index in [-0.39, 0.29) is 18.4 Å². The van der Waals surface area contributed by atoms with Gasteiger partial charge in [0.05, 0.1) is 6.54 Å². The average molecular weight is 252 g/mol. The molecule has 2 rings (SSSR count). The van der Waals surface area contributed by atoms with Crippen molar-refractivity contribution in [2.75, 3.05) is 13.1 Å². The Kier molecular flexibility index (Phi) is 3.93. The molecule has 4 nitrogen and oxygen atoms in total. The van der Waals surface area contributed by atoms with E-state index in [1.807, 2.05) is 13.8 Å². The molecule has 0 unspecified atom stereocenters. The van der Waals surface area contributed by atoms with Gasteiger partial charge in [-0.05, 0) is 25.2 Å². The molecule has 0 bridgehead atoms. The van der Waals surface area contributed by atoms with Crippen molar-refractivity contribution in [3.05, 3.63) is 0 Å². The third-order valence-corrected chi connectivity index (χ3v) is 4.65. The summed E-state index contributed by atoms with van der Waals surface area (Å²) < 4.78 is 0. The summed E-state index contributed by atoms with van der Waals surface area (Å²) >= 11 is 0. The fourth-order valence-electron chi connectivity index (χ4n) is 2.94. The quantitative estimate of drug-likeness (QED) is 0.809. The van der Waals surface area contributed by atoms with Crippen LogP contribution >= 0.6 is 0 Å². The molecule has 1 saturated carbocycles. The third kappa shape index (κ3) is 2.38. The maximum atomic E-state index is 12.5. The van der Waals surface area contributed by atoms with Crippen LogP contribution in [0.15, 0.2) is 0 Å². The van der Waals surface area contributed by atoms with Crippen LogP contribution < -0.4 is 5.32 Å². The second kappa shape index (κ2) is 5.29. The first-order valence-corrected chi connectivity index (χ1v) is 7.21. The molecule has 1 aliphatic carbocycles. The summed E-state index contributed by atoms with van der Waals surface area (Å²) in [6.45, 7) is 4.93. The predicted octanol–water partition coefficient (Wildman–Crippen LogP) is 1.69. The number of rotatable bonds is 5. The maximum Gasteiger partial charge on any atom is 0.248 e. The molecule has 0 radical (unpaired) electrons. The Balaban J connectivity index is 1.99.